The fraction of sp³-hybridized carbons (Fsp3) is 0.0526. The lowest BCUT2D eigenvalue weighted by Gasteiger charge is -2.10. The van der Waals surface area contributed by atoms with Gasteiger partial charge in [-0.3, -0.25) is 0 Å². The van der Waals surface area contributed by atoms with Crippen LogP contribution in [-0.2, 0) is 6.42 Å². The van der Waals surface area contributed by atoms with Gasteiger partial charge in [0, 0.05) is 23.9 Å². The van der Waals surface area contributed by atoms with Crippen molar-refractivity contribution in [2.45, 2.75) is 6.42 Å². The van der Waals surface area contributed by atoms with E-state index in [1.807, 2.05) is 12.3 Å². The average molecular weight is 275 g/mol. The molecular formula is C19H17NO. The Labute approximate surface area is 124 Å². The fourth-order valence-electron chi connectivity index (χ4n) is 2.58. The quantitative estimate of drug-likeness (QED) is 0.648. The molecule has 2 N–H and O–H groups in total. The summed E-state index contributed by atoms with van der Waals surface area (Å²) in [5.74, 6) is 0. The number of aromatic nitrogens is 1. The highest BCUT2D eigenvalue weighted by Crippen LogP contribution is 2.33. The van der Waals surface area contributed by atoms with E-state index in [0.29, 0.717) is 6.42 Å². The Balaban J connectivity index is 2.10. The predicted molar refractivity (Wildman–Crippen MR) is 87.1 cm³/mol. The van der Waals surface area contributed by atoms with Crippen molar-refractivity contribution in [3.8, 4) is 22.3 Å². The third kappa shape index (κ3) is 2.75. The lowest BCUT2D eigenvalue weighted by Crippen LogP contribution is -1.89. The van der Waals surface area contributed by atoms with Gasteiger partial charge in [0.1, 0.15) is 0 Å². The van der Waals surface area contributed by atoms with Crippen LogP contribution in [0.15, 0.2) is 79.2 Å². The van der Waals surface area contributed by atoms with E-state index in [2.05, 4.69) is 59.6 Å². The van der Waals surface area contributed by atoms with Crippen LogP contribution >= 0.6 is 0 Å². The molecule has 0 atom stereocenters. The molecule has 104 valence electrons. The summed E-state index contributed by atoms with van der Waals surface area (Å²) in [6.07, 6.45) is 5.45. The largest absolute Gasteiger partial charge is 0.516 e. The van der Waals surface area contributed by atoms with Gasteiger partial charge in [-0.2, -0.15) is 0 Å². The van der Waals surface area contributed by atoms with Crippen molar-refractivity contribution < 1.29 is 5.11 Å². The summed E-state index contributed by atoms with van der Waals surface area (Å²) in [5.41, 5.74) is 5.90. The molecule has 2 nitrogen and oxygen atoms in total. The highest BCUT2D eigenvalue weighted by Gasteiger charge is 2.10. The molecule has 1 aromatic heterocycles. The number of allylic oxidation sites excluding steroid dienone is 1. The summed E-state index contributed by atoms with van der Waals surface area (Å²) < 4.78 is 0. The highest BCUT2D eigenvalue weighted by atomic mass is 16.2. The number of aliphatic hydroxyl groups is 1. The molecule has 0 aliphatic carbocycles. The zero-order chi connectivity index (χ0) is 14.5. The molecule has 0 spiro atoms. The number of hydrogen-bond acceptors (Lipinski definition) is 1. The Morgan fingerprint density at radius 2 is 1.52 bits per heavy atom. The van der Waals surface area contributed by atoms with Crippen molar-refractivity contribution in [3.05, 3.63) is 84.9 Å². The second kappa shape index (κ2) is 6.14. The summed E-state index contributed by atoms with van der Waals surface area (Å²) in [4.78, 5) is 3.26. The number of rotatable bonds is 4. The summed E-state index contributed by atoms with van der Waals surface area (Å²) in [7, 11) is 0. The van der Waals surface area contributed by atoms with E-state index in [0.717, 1.165) is 12.0 Å². The second-order valence-electron chi connectivity index (χ2n) is 4.87. The minimum Gasteiger partial charge on any atom is -0.516 e. The Morgan fingerprint density at radius 3 is 2.29 bits per heavy atom. The lowest BCUT2D eigenvalue weighted by molar-refractivity contribution is 0.471. The van der Waals surface area contributed by atoms with Crippen LogP contribution in [0.5, 0.6) is 0 Å². The maximum Gasteiger partial charge on any atom is 0.0755 e. The molecule has 2 heteroatoms. The molecule has 1 heterocycles. The molecule has 21 heavy (non-hydrogen) atoms. The van der Waals surface area contributed by atoms with Crippen molar-refractivity contribution in [3.63, 3.8) is 0 Å². The van der Waals surface area contributed by atoms with Crippen LogP contribution in [0.2, 0.25) is 0 Å². The average Bonchev–Trinajstić information content (AvgIpc) is 3.02. The van der Waals surface area contributed by atoms with Gasteiger partial charge in [0.05, 0.1) is 6.26 Å². The standard InChI is InChI=1S/C19H17NO/c21-14-6-11-19-18(12-13-20-19)17-10-5-4-9-16(17)15-7-2-1-3-8-15/h1-10,12-14,20-21H,11H2. The zero-order valence-corrected chi connectivity index (χ0v) is 11.7. The first-order chi connectivity index (χ1) is 10.4. The van der Waals surface area contributed by atoms with Crippen LogP contribution in [0.3, 0.4) is 0 Å². The molecule has 2 aromatic carbocycles. The smallest absolute Gasteiger partial charge is 0.0755 e. The summed E-state index contributed by atoms with van der Waals surface area (Å²) in [5, 5.41) is 8.86. The van der Waals surface area contributed by atoms with E-state index >= 15 is 0 Å². The summed E-state index contributed by atoms with van der Waals surface area (Å²) >= 11 is 0. The molecule has 0 aliphatic heterocycles. The van der Waals surface area contributed by atoms with E-state index in [4.69, 9.17) is 5.11 Å². The molecule has 0 saturated heterocycles. The maximum absolute atomic E-state index is 8.86. The number of nitrogens with one attached hydrogen (secondary N) is 1. The SMILES string of the molecule is OC=CCc1[nH]ccc1-c1ccccc1-c1ccccc1. The van der Waals surface area contributed by atoms with Crippen LogP contribution in [0.25, 0.3) is 22.3 Å². The van der Waals surface area contributed by atoms with Gasteiger partial charge in [-0.15, -0.1) is 0 Å². The van der Waals surface area contributed by atoms with Gasteiger partial charge in [0.15, 0.2) is 0 Å². The number of hydrogen-bond donors (Lipinski definition) is 2. The van der Waals surface area contributed by atoms with E-state index in [-0.39, 0.29) is 0 Å². The van der Waals surface area contributed by atoms with Crippen molar-refractivity contribution in [2.75, 3.05) is 0 Å². The van der Waals surface area contributed by atoms with Crippen LogP contribution in [0.4, 0.5) is 0 Å². The van der Waals surface area contributed by atoms with Gasteiger partial charge < -0.3 is 10.1 Å². The molecule has 0 amide bonds. The molecule has 3 aromatic rings. The summed E-state index contributed by atoms with van der Waals surface area (Å²) in [6.45, 7) is 0. The Bertz CT molecular complexity index is 741. The monoisotopic (exact) mass is 275 g/mol. The van der Waals surface area contributed by atoms with Crippen LogP contribution in [-0.4, -0.2) is 10.1 Å². The third-order valence-electron chi connectivity index (χ3n) is 3.56. The topological polar surface area (TPSA) is 36.0 Å². The van der Waals surface area contributed by atoms with Crippen molar-refractivity contribution in [2.24, 2.45) is 0 Å². The molecule has 0 aliphatic rings. The minimum absolute atomic E-state index is 0.682. The van der Waals surface area contributed by atoms with Gasteiger partial charge >= 0.3 is 0 Å². The second-order valence-corrected chi connectivity index (χ2v) is 4.87. The normalized spacial score (nSPS) is 11.0. The number of benzene rings is 2. The van der Waals surface area contributed by atoms with Gasteiger partial charge in [0.2, 0.25) is 0 Å². The number of H-pyrrole nitrogens is 1. The Hall–Kier alpha value is -2.74. The van der Waals surface area contributed by atoms with Gasteiger partial charge in [-0.05, 0) is 28.8 Å². The Kier molecular flexibility index (Phi) is 3.88. The lowest BCUT2D eigenvalue weighted by atomic mass is 9.94. The van der Waals surface area contributed by atoms with Crippen LogP contribution in [0, 0.1) is 0 Å². The number of aromatic amines is 1. The molecule has 0 radical (unpaired) electrons. The maximum atomic E-state index is 8.86. The van der Waals surface area contributed by atoms with Crippen molar-refractivity contribution in [1.82, 2.24) is 4.98 Å². The third-order valence-corrected chi connectivity index (χ3v) is 3.56. The summed E-state index contributed by atoms with van der Waals surface area (Å²) in [6, 6.07) is 20.9. The Morgan fingerprint density at radius 1 is 0.810 bits per heavy atom. The van der Waals surface area contributed by atoms with Gasteiger partial charge in [-0.25, -0.2) is 0 Å². The van der Waals surface area contributed by atoms with Gasteiger partial charge in [-0.1, -0.05) is 54.6 Å². The minimum atomic E-state index is 0.682. The molecule has 3 rings (SSSR count). The number of aliphatic hydroxyl groups excluding tert-OH is 1. The first kappa shape index (κ1) is 13.3. The molecule has 0 unspecified atom stereocenters. The first-order valence-corrected chi connectivity index (χ1v) is 7.00. The first-order valence-electron chi connectivity index (χ1n) is 7.00. The van der Waals surface area contributed by atoms with E-state index < -0.39 is 0 Å². The fourth-order valence-corrected chi connectivity index (χ4v) is 2.58. The van der Waals surface area contributed by atoms with E-state index in [9.17, 15) is 0 Å². The van der Waals surface area contributed by atoms with Crippen molar-refractivity contribution >= 4 is 0 Å². The molecule has 0 saturated carbocycles. The molecule has 0 fully saturated rings. The molecular weight excluding hydrogens is 258 g/mol. The zero-order valence-electron chi connectivity index (χ0n) is 11.7. The van der Waals surface area contributed by atoms with Crippen molar-refractivity contribution in [1.29, 1.82) is 0 Å². The highest BCUT2D eigenvalue weighted by molar-refractivity contribution is 5.84. The predicted octanol–water partition coefficient (Wildman–Crippen LogP) is 4.96. The van der Waals surface area contributed by atoms with E-state index in [1.54, 1.807) is 6.08 Å². The van der Waals surface area contributed by atoms with Crippen LogP contribution < -0.4 is 0 Å². The molecule has 0 bridgehead atoms. The van der Waals surface area contributed by atoms with E-state index in [1.165, 1.54) is 22.3 Å². The van der Waals surface area contributed by atoms with Crippen LogP contribution in [0.1, 0.15) is 5.69 Å². The van der Waals surface area contributed by atoms with Gasteiger partial charge in [0.25, 0.3) is 0 Å².